The second kappa shape index (κ2) is 2.82. The number of hydrogen-bond donors (Lipinski definition) is 1. The van der Waals surface area contributed by atoms with Crippen LogP contribution in [0, 0.1) is 0 Å². The number of hydrogen-bond acceptors (Lipinski definition) is 1. The third kappa shape index (κ3) is 1.17. The van der Waals surface area contributed by atoms with Crippen LogP contribution in [0.15, 0.2) is 11.4 Å². The van der Waals surface area contributed by atoms with Gasteiger partial charge in [-0.3, -0.25) is 4.79 Å². The molecule has 0 aliphatic heterocycles. The zero-order valence-electron chi connectivity index (χ0n) is 5.91. The van der Waals surface area contributed by atoms with Gasteiger partial charge in [0.25, 0.3) is 0 Å². The third-order valence-corrected chi connectivity index (χ3v) is 1.65. The van der Waals surface area contributed by atoms with Crippen LogP contribution in [0.3, 0.4) is 0 Å². The van der Waals surface area contributed by atoms with Crippen molar-refractivity contribution < 1.29 is 9.18 Å². The van der Waals surface area contributed by atoms with Gasteiger partial charge in [0.05, 0.1) is 0 Å². The molecule has 1 aliphatic rings. The van der Waals surface area contributed by atoms with Gasteiger partial charge in [0.2, 0.25) is 5.91 Å². The van der Waals surface area contributed by atoms with Crippen LogP contribution >= 0.6 is 0 Å². The Morgan fingerprint density at radius 3 is 2.70 bits per heavy atom. The van der Waals surface area contributed by atoms with Gasteiger partial charge in [-0.1, -0.05) is 0 Å². The highest BCUT2D eigenvalue weighted by molar-refractivity contribution is 5.94. The smallest absolute Gasteiger partial charge is 0.249 e. The van der Waals surface area contributed by atoms with E-state index in [1.807, 2.05) is 0 Å². The van der Waals surface area contributed by atoms with Crippen LogP contribution in [-0.4, -0.2) is 13.0 Å². The molecule has 1 amide bonds. The summed E-state index contributed by atoms with van der Waals surface area (Å²) in [5.41, 5.74) is 0.336. The molecule has 0 aromatic carbocycles. The Morgan fingerprint density at radius 1 is 1.60 bits per heavy atom. The number of likely N-dealkylation sites (N-methyl/N-ethyl adjacent to an activating group) is 1. The summed E-state index contributed by atoms with van der Waals surface area (Å²) in [7, 11) is 1.51. The Bertz CT molecular complexity index is 186. The summed E-state index contributed by atoms with van der Waals surface area (Å²) >= 11 is 0. The summed E-state index contributed by atoms with van der Waals surface area (Å²) < 4.78 is 12.6. The number of halogens is 1. The molecule has 0 saturated carbocycles. The first-order valence-corrected chi connectivity index (χ1v) is 3.35. The molecule has 1 rings (SSSR count). The Hall–Kier alpha value is -0.860. The van der Waals surface area contributed by atoms with Gasteiger partial charge in [-0.2, -0.15) is 0 Å². The molecule has 3 heteroatoms. The van der Waals surface area contributed by atoms with Crippen LogP contribution in [0.25, 0.3) is 0 Å². The molecule has 56 valence electrons. The summed E-state index contributed by atoms with van der Waals surface area (Å²) in [5.74, 6) is -0.505. The molecular formula is C7H10FNO. The number of carbonyl (C=O) groups excluding carboxylic acids is 1. The van der Waals surface area contributed by atoms with E-state index in [-0.39, 0.29) is 11.7 Å². The fourth-order valence-electron chi connectivity index (χ4n) is 1.09. The average molecular weight is 143 g/mol. The van der Waals surface area contributed by atoms with Gasteiger partial charge in [-0.15, -0.1) is 0 Å². The van der Waals surface area contributed by atoms with E-state index in [1.54, 1.807) is 0 Å². The van der Waals surface area contributed by atoms with Crippen molar-refractivity contribution in [2.75, 3.05) is 7.05 Å². The fourth-order valence-corrected chi connectivity index (χ4v) is 1.09. The summed E-state index contributed by atoms with van der Waals surface area (Å²) in [6.07, 6.45) is 1.79. The quantitative estimate of drug-likeness (QED) is 0.586. The van der Waals surface area contributed by atoms with E-state index in [0.717, 1.165) is 6.42 Å². The molecule has 10 heavy (non-hydrogen) atoms. The lowest BCUT2D eigenvalue weighted by Gasteiger charge is -1.97. The van der Waals surface area contributed by atoms with Crippen LogP contribution in [0.4, 0.5) is 4.39 Å². The molecule has 2 nitrogen and oxygen atoms in total. The SMILES string of the molecule is CNC(=O)C1=C(F)CCC1. The Labute approximate surface area is 59.1 Å². The largest absolute Gasteiger partial charge is 0.355 e. The van der Waals surface area contributed by atoms with Gasteiger partial charge < -0.3 is 5.32 Å². The molecule has 0 bridgehead atoms. The van der Waals surface area contributed by atoms with Crippen molar-refractivity contribution in [1.82, 2.24) is 5.32 Å². The number of allylic oxidation sites excluding steroid dienone is 1. The van der Waals surface area contributed by atoms with Crippen molar-refractivity contribution in [2.24, 2.45) is 0 Å². The van der Waals surface area contributed by atoms with Gasteiger partial charge in [0, 0.05) is 12.6 Å². The molecular weight excluding hydrogens is 133 g/mol. The van der Waals surface area contributed by atoms with Crippen LogP contribution in [-0.2, 0) is 4.79 Å². The van der Waals surface area contributed by atoms with E-state index in [4.69, 9.17) is 0 Å². The van der Waals surface area contributed by atoms with Crippen LogP contribution in [0.5, 0.6) is 0 Å². The zero-order valence-corrected chi connectivity index (χ0v) is 5.91. The fraction of sp³-hybridized carbons (Fsp3) is 0.571. The monoisotopic (exact) mass is 143 g/mol. The molecule has 0 aromatic rings. The van der Waals surface area contributed by atoms with E-state index < -0.39 is 0 Å². The minimum Gasteiger partial charge on any atom is -0.355 e. The molecule has 0 spiro atoms. The predicted octanol–water partition coefficient (Wildman–Crippen LogP) is 1.14. The molecule has 0 fully saturated rings. The lowest BCUT2D eigenvalue weighted by molar-refractivity contribution is -0.117. The highest BCUT2D eigenvalue weighted by Gasteiger charge is 2.19. The maximum atomic E-state index is 12.6. The van der Waals surface area contributed by atoms with E-state index in [1.165, 1.54) is 7.05 Å². The summed E-state index contributed by atoms with van der Waals surface area (Å²) in [6, 6.07) is 0. The van der Waals surface area contributed by atoms with Gasteiger partial charge in [-0.25, -0.2) is 4.39 Å². The molecule has 0 unspecified atom stereocenters. The lowest BCUT2D eigenvalue weighted by atomic mass is 10.2. The maximum Gasteiger partial charge on any atom is 0.249 e. The van der Waals surface area contributed by atoms with E-state index in [0.29, 0.717) is 18.4 Å². The Kier molecular flexibility index (Phi) is 2.04. The summed E-state index contributed by atoms with van der Waals surface area (Å²) in [5, 5.41) is 2.40. The van der Waals surface area contributed by atoms with Crippen molar-refractivity contribution in [2.45, 2.75) is 19.3 Å². The van der Waals surface area contributed by atoms with Crippen molar-refractivity contribution in [1.29, 1.82) is 0 Å². The number of carbonyl (C=O) groups is 1. The first-order chi connectivity index (χ1) is 4.75. The van der Waals surface area contributed by atoms with Crippen molar-refractivity contribution in [3.63, 3.8) is 0 Å². The number of nitrogens with one attached hydrogen (secondary N) is 1. The Morgan fingerprint density at radius 2 is 2.30 bits per heavy atom. The molecule has 0 heterocycles. The third-order valence-electron chi connectivity index (χ3n) is 1.65. The summed E-state index contributed by atoms with van der Waals surface area (Å²) in [4.78, 5) is 10.8. The van der Waals surface area contributed by atoms with Crippen molar-refractivity contribution in [3.8, 4) is 0 Å². The van der Waals surface area contributed by atoms with Crippen LogP contribution in [0.2, 0.25) is 0 Å². The van der Waals surface area contributed by atoms with Crippen LogP contribution < -0.4 is 5.32 Å². The second-order valence-corrected chi connectivity index (χ2v) is 2.32. The van der Waals surface area contributed by atoms with Crippen molar-refractivity contribution >= 4 is 5.91 Å². The average Bonchev–Trinajstić information content (AvgIpc) is 2.34. The first-order valence-electron chi connectivity index (χ1n) is 3.35. The highest BCUT2D eigenvalue weighted by Crippen LogP contribution is 2.26. The number of amides is 1. The minimum atomic E-state index is -0.269. The van der Waals surface area contributed by atoms with Gasteiger partial charge in [-0.05, 0) is 19.3 Å². The molecule has 1 aliphatic carbocycles. The highest BCUT2D eigenvalue weighted by atomic mass is 19.1. The molecule has 1 N–H and O–H groups in total. The molecule has 0 atom stereocenters. The van der Waals surface area contributed by atoms with E-state index >= 15 is 0 Å². The topological polar surface area (TPSA) is 29.1 Å². The number of rotatable bonds is 1. The van der Waals surface area contributed by atoms with Gasteiger partial charge in [0.1, 0.15) is 5.83 Å². The zero-order chi connectivity index (χ0) is 7.56. The molecule has 0 radical (unpaired) electrons. The minimum absolute atomic E-state index is 0.237. The van der Waals surface area contributed by atoms with Crippen molar-refractivity contribution in [3.05, 3.63) is 11.4 Å². The maximum absolute atomic E-state index is 12.6. The Balaban J connectivity index is 2.71. The normalized spacial score (nSPS) is 17.8. The van der Waals surface area contributed by atoms with Gasteiger partial charge in [0.15, 0.2) is 0 Å². The molecule has 0 aromatic heterocycles. The van der Waals surface area contributed by atoms with Crippen LogP contribution in [0.1, 0.15) is 19.3 Å². The second-order valence-electron chi connectivity index (χ2n) is 2.32. The lowest BCUT2D eigenvalue weighted by Crippen LogP contribution is -2.19. The van der Waals surface area contributed by atoms with E-state index in [9.17, 15) is 9.18 Å². The predicted molar refractivity (Wildman–Crippen MR) is 36.1 cm³/mol. The standard InChI is InChI=1S/C7H10FNO/c1-9-7(10)5-3-2-4-6(5)8/h2-4H2,1H3,(H,9,10). The first kappa shape index (κ1) is 7.25. The van der Waals surface area contributed by atoms with Gasteiger partial charge >= 0.3 is 0 Å². The summed E-state index contributed by atoms with van der Waals surface area (Å²) in [6.45, 7) is 0. The van der Waals surface area contributed by atoms with E-state index in [2.05, 4.69) is 5.32 Å². The molecule has 0 saturated heterocycles.